The molecule has 0 atom stereocenters. The number of carbonyl (C=O) groups is 1. The Labute approximate surface area is 98.8 Å². The minimum absolute atomic E-state index is 0.0806. The first-order chi connectivity index (χ1) is 7.70. The molecule has 0 radical (unpaired) electrons. The summed E-state index contributed by atoms with van der Waals surface area (Å²) < 4.78 is 1.76. The van der Waals surface area contributed by atoms with Crippen molar-refractivity contribution in [3.63, 3.8) is 0 Å². The van der Waals surface area contributed by atoms with E-state index in [9.17, 15) is 4.79 Å². The fourth-order valence-electron chi connectivity index (χ4n) is 1.58. The van der Waals surface area contributed by atoms with Crippen molar-refractivity contribution in [2.24, 2.45) is 7.05 Å². The number of rotatable bonds is 4. The van der Waals surface area contributed by atoms with Crippen LogP contribution in [0.25, 0.3) is 0 Å². The standard InChI is InChI=1S/C12H14N2OS/c1-3-9-4-5-10(16-9)8-11(15)12-13-6-7-14(12)2/h4-7H,3,8H2,1-2H3. The van der Waals surface area contributed by atoms with Crippen molar-refractivity contribution >= 4 is 17.1 Å². The molecule has 0 aromatic carbocycles. The molecule has 0 saturated carbocycles. The highest BCUT2D eigenvalue weighted by molar-refractivity contribution is 7.12. The summed E-state index contributed by atoms with van der Waals surface area (Å²) in [6.07, 6.45) is 4.93. The van der Waals surface area contributed by atoms with Gasteiger partial charge in [-0.15, -0.1) is 11.3 Å². The van der Waals surface area contributed by atoms with Gasteiger partial charge in [-0.25, -0.2) is 4.98 Å². The SMILES string of the molecule is CCc1ccc(CC(=O)c2nccn2C)s1. The number of hydrogen-bond donors (Lipinski definition) is 0. The smallest absolute Gasteiger partial charge is 0.203 e. The Morgan fingerprint density at radius 1 is 1.44 bits per heavy atom. The summed E-state index contributed by atoms with van der Waals surface area (Å²) in [5.41, 5.74) is 0. The van der Waals surface area contributed by atoms with Gasteiger partial charge in [-0.05, 0) is 18.6 Å². The zero-order valence-electron chi connectivity index (χ0n) is 9.43. The second-order valence-electron chi connectivity index (χ2n) is 3.68. The molecular formula is C12H14N2OS. The average molecular weight is 234 g/mol. The van der Waals surface area contributed by atoms with E-state index in [0.29, 0.717) is 12.2 Å². The lowest BCUT2D eigenvalue weighted by molar-refractivity contribution is 0.0981. The quantitative estimate of drug-likeness (QED) is 0.762. The van der Waals surface area contributed by atoms with Crippen molar-refractivity contribution in [2.75, 3.05) is 0 Å². The molecule has 0 N–H and O–H groups in total. The van der Waals surface area contributed by atoms with Crippen LogP contribution in [0.3, 0.4) is 0 Å². The van der Waals surface area contributed by atoms with Crippen molar-refractivity contribution in [3.05, 3.63) is 40.1 Å². The third-order valence-electron chi connectivity index (χ3n) is 2.47. The number of nitrogens with zero attached hydrogens (tertiary/aromatic N) is 2. The summed E-state index contributed by atoms with van der Waals surface area (Å²) in [6.45, 7) is 2.12. The summed E-state index contributed by atoms with van der Waals surface area (Å²) in [5.74, 6) is 0.614. The average Bonchev–Trinajstić information content (AvgIpc) is 2.86. The zero-order chi connectivity index (χ0) is 11.5. The van der Waals surface area contributed by atoms with Crippen LogP contribution < -0.4 is 0 Å². The highest BCUT2D eigenvalue weighted by Crippen LogP contribution is 2.18. The lowest BCUT2D eigenvalue weighted by atomic mass is 10.2. The highest BCUT2D eigenvalue weighted by Gasteiger charge is 2.12. The van der Waals surface area contributed by atoms with Crippen LogP contribution >= 0.6 is 11.3 Å². The number of hydrogen-bond acceptors (Lipinski definition) is 3. The molecule has 0 aliphatic carbocycles. The molecular weight excluding hydrogens is 220 g/mol. The van der Waals surface area contributed by atoms with Crippen LogP contribution in [-0.4, -0.2) is 15.3 Å². The van der Waals surface area contributed by atoms with Crippen molar-refractivity contribution in [1.82, 2.24) is 9.55 Å². The Bertz CT molecular complexity index is 499. The van der Waals surface area contributed by atoms with Gasteiger partial charge in [-0.3, -0.25) is 4.79 Å². The molecule has 0 unspecified atom stereocenters. The maximum Gasteiger partial charge on any atom is 0.203 e. The van der Waals surface area contributed by atoms with Crippen molar-refractivity contribution < 1.29 is 4.79 Å². The van der Waals surface area contributed by atoms with Crippen LogP contribution in [0.4, 0.5) is 0 Å². The predicted octanol–water partition coefficient (Wildman–Crippen LogP) is 2.47. The van der Waals surface area contributed by atoms with Gasteiger partial charge in [0.25, 0.3) is 0 Å². The molecule has 84 valence electrons. The Kier molecular flexibility index (Phi) is 3.19. The first-order valence-corrected chi connectivity index (χ1v) is 6.10. The third-order valence-corrected chi connectivity index (χ3v) is 3.70. The van der Waals surface area contributed by atoms with E-state index < -0.39 is 0 Å². The number of Topliss-reactive ketones (excluding diaryl/α,β-unsaturated/α-hetero) is 1. The second kappa shape index (κ2) is 4.61. The minimum Gasteiger partial charge on any atom is -0.332 e. The summed E-state index contributed by atoms with van der Waals surface area (Å²) in [7, 11) is 1.84. The van der Waals surface area contributed by atoms with Gasteiger partial charge in [-0.1, -0.05) is 6.92 Å². The number of aryl methyl sites for hydroxylation is 2. The summed E-state index contributed by atoms with van der Waals surface area (Å²) in [5, 5.41) is 0. The van der Waals surface area contributed by atoms with Crippen LogP contribution in [0.15, 0.2) is 24.5 Å². The Morgan fingerprint density at radius 3 is 2.75 bits per heavy atom. The molecule has 3 nitrogen and oxygen atoms in total. The molecule has 0 aliphatic heterocycles. The lowest BCUT2D eigenvalue weighted by Crippen LogP contribution is -2.09. The molecule has 16 heavy (non-hydrogen) atoms. The monoisotopic (exact) mass is 234 g/mol. The van der Waals surface area contributed by atoms with Crippen molar-refractivity contribution in [1.29, 1.82) is 0 Å². The lowest BCUT2D eigenvalue weighted by Gasteiger charge is -1.98. The fourth-order valence-corrected chi connectivity index (χ4v) is 2.54. The molecule has 0 bridgehead atoms. The van der Waals surface area contributed by atoms with Gasteiger partial charge in [0.2, 0.25) is 5.78 Å². The number of imidazole rings is 1. The van der Waals surface area contributed by atoms with E-state index in [2.05, 4.69) is 18.0 Å². The van der Waals surface area contributed by atoms with Gasteiger partial charge in [-0.2, -0.15) is 0 Å². The van der Waals surface area contributed by atoms with Crippen LogP contribution in [-0.2, 0) is 19.9 Å². The van der Waals surface area contributed by atoms with Crippen LogP contribution in [0.1, 0.15) is 27.3 Å². The molecule has 0 fully saturated rings. The van der Waals surface area contributed by atoms with E-state index in [1.807, 2.05) is 13.1 Å². The maximum absolute atomic E-state index is 11.9. The van der Waals surface area contributed by atoms with Gasteiger partial charge in [0.15, 0.2) is 5.82 Å². The molecule has 2 heterocycles. The summed E-state index contributed by atoms with van der Waals surface area (Å²) in [4.78, 5) is 18.4. The van der Waals surface area contributed by atoms with Gasteiger partial charge in [0, 0.05) is 35.6 Å². The van der Waals surface area contributed by atoms with E-state index in [4.69, 9.17) is 0 Å². The van der Waals surface area contributed by atoms with E-state index in [1.54, 1.807) is 28.3 Å². The second-order valence-corrected chi connectivity index (χ2v) is 4.94. The zero-order valence-corrected chi connectivity index (χ0v) is 10.3. The first kappa shape index (κ1) is 11.1. The molecule has 0 aliphatic rings. The molecule has 0 saturated heterocycles. The van der Waals surface area contributed by atoms with Crippen molar-refractivity contribution in [3.8, 4) is 0 Å². The summed E-state index contributed by atoms with van der Waals surface area (Å²) >= 11 is 1.71. The number of thiophene rings is 1. The Hall–Kier alpha value is -1.42. The molecule has 0 amide bonds. The number of carbonyl (C=O) groups excluding carboxylic acids is 1. The van der Waals surface area contributed by atoms with Crippen LogP contribution in [0, 0.1) is 0 Å². The Morgan fingerprint density at radius 2 is 2.19 bits per heavy atom. The van der Waals surface area contributed by atoms with E-state index >= 15 is 0 Å². The number of ketones is 1. The van der Waals surface area contributed by atoms with Gasteiger partial charge in [0.1, 0.15) is 0 Å². The van der Waals surface area contributed by atoms with Crippen LogP contribution in [0.2, 0.25) is 0 Å². The molecule has 4 heteroatoms. The first-order valence-electron chi connectivity index (χ1n) is 5.28. The largest absolute Gasteiger partial charge is 0.332 e. The van der Waals surface area contributed by atoms with E-state index in [1.165, 1.54) is 4.88 Å². The Balaban J connectivity index is 2.11. The molecule has 2 aromatic heterocycles. The third kappa shape index (κ3) is 2.22. The fraction of sp³-hybridized carbons (Fsp3) is 0.333. The highest BCUT2D eigenvalue weighted by atomic mass is 32.1. The maximum atomic E-state index is 11.9. The van der Waals surface area contributed by atoms with Crippen LogP contribution in [0.5, 0.6) is 0 Å². The number of aromatic nitrogens is 2. The molecule has 2 rings (SSSR count). The predicted molar refractivity (Wildman–Crippen MR) is 64.9 cm³/mol. The normalized spacial score (nSPS) is 10.6. The van der Waals surface area contributed by atoms with Gasteiger partial charge in [0.05, 0.1) is 0 Å². The van der Waals surface area contributed by atoms with Gasteiger partial charge >= 0.3 is 0 Å². The van der Waals surface area contributed by atoms with E-state index in [0.717, 1.165) is 11.3 Å². The minimum atomic E-state index is 0.0806. The topological polar surface area (TPSA) is 34.9 Å². The van der Waals surface area contributed by atoms with E-state index in [-0.39, 0.29) is 5.78 Å². The molecule has 0 spiro atoms. The molecule has 2 aromatic rings. The van der Waals surface area contributed by atoms with Crippen molar-refractivity contribution in [2.45, 2.75) is 19.8 Å². The summed E-state index contributed by atoms with van der Waals surface area (Å²) in [6, 6.07) is 4.12. The van der Waals surface area contributed by atoms with Gasteiger partial charge < -0.3 is 4.57 Å².